The van der Waals surface area contributed by atoms with E-state index in [-0.39, 0.29) is 0 Å². The van der Waals surface area contributed by atoms with Gasteiger partial charge in [-0.25, -0.2) is 0 Å². The Bertz CT molecular complexity index is 1680. The normalized spacial score (nSPS) is 11.8. The molecule has 56 heavy (non-hydrogen) atoms. The maximum Gasteiger partial charge on any atom is 0.0700 e. The van der Waals surface area contributed by atoms with E-state index in [1.807, 2.05) is 22.7 Å². The Hall–Kier alpha value is -3.62. The minimum atomic E-state index is 0.670. The highest BCUT2D eigenvalue weighted by Gasteiger charge is 2.05. The van der Waals surface area contributed by atoms with Gasteiger partial charge in [-0.3, -0.25) is 0 Å². The molecule has 0 saturated carbocycles. The van der Waals surface area contributed by atoms with E-state index >= 15 is 0 Å². The monoisotopic (exact) mass is 790 g/mol. The lowest BCUT2D eigenvalue weighted by Crippen LogP contribution is -2.07. The second-order valence-electron chi connectivity index (χ2n) is 14.2. The molecule has 2 heterocycles. The quantitative estimate of drug-likeness (QED) is 0.0373. The van der Waals surface area contributed by atoms with E-state index in [9.17, 15) is 0 Å². The zero-order valence-electron chi connectivity index (χ0n) is 33.7. The zero-order chi connectivity index (χ0) is 38.9. The SMILES string of the molecule is CCCCCCOCCOCCc1ccc(-c2ccc(/C=C/c3ccc(/C=C/c4ccc(-c5ccc(CCOCCOCCCCCC)s5)cc4)cc3)cc2)s1. The lowest BCUT2D eigenvalue weighted by molar-refractivity contribution is 0.0476. The zero-order valence-corrected chi connectivity index (χ0v) is 35.4. The predicted octanol–water partition coefficient (Wildman–Crippen LogP) is 13.8. The number of hydrogen-bond acceptors (Lipinski definition) is 6. The van der Waals surface area contributed by atoms with Crippen LogP contribution >= 0.6 is 22.7 Å². The summed E-state index contributed by atoms with van der Waals surface area (Å²) < 4.78 is 23.0. The van der Waals surface area contributed by atoms with Gasteiger partial charge in [0, 0.05) is 45.6 Å². The summed E-state index contributed by atoms with van der Waals surface area (Å²) in [6.07, 6.45) is 20.5. The maximum atomic E-state index is 5.80. The van der Waals surface area contributed by atoms with Crippen molar-refractivity contribution in [1.82, 2.24) is 0 Å². The van der Waals surface area contributed by atoms with Gasteiger partial charge >= 0.3 is 0 Å². The van der Waals surface area contributed by atoms with Gasteiger partial charge in [0.15, 0.2) is 0 Å². The average molecular weight is 791 g/mol. The summed E-state index contributed by atoms with van der Waals surface area (Å²) in [6, 6.07) is 35.3. The molecule has 0 N–H and O–H groups in total. The van der Waals surface area contributed by atoms with Crippen LogP contribution in [-0.4, -0.2) is 52.9 Å². The van der Waals surface area contributed by atoms with Gasteiger partial charge in [-0.15, -0.1) is 22.7 Å². The number of hydrogen-bond donors (Lipinski definition) is 0. The first-order chi connectivity index (χ1) is 27.7. The van der Waals surface area contributed by atoms with Crippen molar-refractivity contribution in [1.29, 1.82) is 0 Å². The van der Waals surface area contributed by atoms with E-state index in [2.05, 4.69) is 135 Å². The van der Waals surface area contributed by atoms with Crippen LogP contribution in [0.2, 0.25) is 0 Å². The predicted molar refractivity (Wildman–Crippen MR) is 243 cm³/mol. The van der Waals surface area contributed by atoms with Gasteiger partial charge in [-0.05, 0) is 70.5 Å². The number of ether oxygens (including phenoxy) is 4. The molecule has 2 aromatic heterocycles. The van der Waals surface area contributed by atoms with E-state index < -0.39 is 0 Å². The van der Waals surface area contributed by atoms with Crippen molar-refractivity contribution < 1.29 is 18.9 Å². The first-order valence-electron chi connectivity index (χ1n) is 20.9. The minimum absolute atomic E-state index is 0.670. The molecule has 0 aliphatic carbocycles. The van der Waals surface area contributed by atoms with Gasteiger partial charge in [0.05, 0.1) is 39.6 Å². The molecule has 5 rings (SSSR count). The Morgan fingerprint density at radius 3 is 1.05 bits per heavy atom. The third-order valence-corrected chi connectivity index (χ3v) is 12.0. The molecule has 0 saturated heterocycles. The van der Waals surface area contributed by atoms with E-state index in [1.54, 1.807) is 0 Å². The molecule has 0 atom stereocenters. The first-order valence-corrected chi connectivity index (χ1v) is 22.5. The number of unbranched alkanes of at least 4 members (excludes halogenated alkanes) is 6. The molecule has 0 bridgehead atoms. The molecule has 0 amide bonds. The fourth-order valence-corrected chi connectivity index (χ4v) is 8.19. The molecule has 0 unspecified atom stereocenters. The van der Waals surface area contributed by atoms with E-state index in [0.717, 1.165) is 52.1 Å². The van der Waals surface area contributed by atoms with Crippen LogP contribution in [0.5, 0.6) is 0 Å². The second kappa shape index (κ2) is 26.3. The van der Waals surface area contributed by atoms with Crippen molar-refractivity contribution in [2.75, 3.05) is 52.9 Å². The van der Waals surface area contributed by atoms with E-state index in [4.69, 9.17) is 18.9 Å². The van der Waals surface area contributed by atoms with Gasteiger partial charge in [-0.1, -0.05) is 149 Å². The third kappa shape index (κ3) is 16.5. The van der Waals surface area contributed by atoms with Crippen molar-refractivity contribution in [3.8, 4) is 20.9 Å². The molecule has 298 valence electrons. The van der Waals surface area contributed by atoms with E-state index in [1.165, 1.54) is 91.4 Å². The van der Waals surface area contributed by atoms with Crippen LogP contribution in [0.3, 0.4) is 0 Å². The molecule has 3 aromatic carbocycles. The Morgan fingerprint density at radius 1 is 0.357 bits per heavy atom. The van der Waals surface area contributed by atoms with Crippen LogP contribution < -0.4 is 0 Å². The molecule has 6 heteroatoms. The summed E-state index contributed by atoms with van der Waals surface area (Å²) in [5.74, 6) is 0. The molecule has 0 fully saturated rings. The molecule has 4 nitrogen and oxygen atoms in total. The Morgan fingerprint density at radius 2 is 0.696 bits per heavy atom. The fourth-order valence-electron chi connectivity index (χ4n) is 6.21. The first kappa shape index (κ1) is 43.5. The summed E-state index contributed by atoms with van der Waals surface area (Å²) in [5.41, 5.74) is 7.26. The largest absolute Gasteiger partial charge is 0.379 e. The Labute approximate surface area is 345 Å². The van der Waals surface area contributed by atoms with Crippen molar-refractivity contribution in [3.63, 3.8) is 0 Å². The maximum absolute atomic E-state index is 5.80. The summed E-state index contributed by atoms with van der Waals surface area (Å²) >= 11 is 3.70. The van der Waals surface area contributed by atoms with Crippen molar-refractivity contribution >= 4 is 47.0 Å². The lowest BCUT2D eigenvalue weighted by Gasteiger charge is -2.05. The Kier molecular flexibility index (Phi) is 20.5. The van der Waals surface area contributed by atoms with Crippen LogP contribution in [-0.2, 0) is 31.8 Å². The third-order valence-electron chi connectivity index (χ3n) is 9.60. The van der Waals surface area contributed by atoms with Gasteiger partial charge in [-0.2, -0.15) is 0 Å². The van der Waals surface area contributed by atoms with Crippen molar-refractivity contribution in [2.45, 2.75) is 78.1 Å². The molecular formula is C50H62O4S2. The molecule has 0 aliphatic heterocycles. The second-order valence-corrected chi connectivity index (χ2v) is 16.5. The molecule has 0 radical (unpaired) electrons. The standard InChI is InChI=1S/C50H62O4S2/c1-3-5-7-9-33-51-37-39-53-35-31-47-27-29-49(55-47)45-23-19-43(20-24-45)17-15-41-11-13-42(14-12-41)16-18-44-21-25-46(26-22-44)50-30-28-48(56-50)32-36-54-40-38-52-34-10-8-6-4-2/h11-30H,3-10,31-40H2,1-2H3/b17-15+,18-16+. The Balaban J connectivity index is 0.981. The number of benzene rings is 3. The number of thiophene rings is 2. The molecule has 5 aromatic rings. The highest BCUT2D eigenvalue weighted by atomic mass is 32.1. The van der Waals surface area contributed by atoms with E-state index in [0.29, 0.717) is 26.4 Å². The summed E-state index contributed by atoms with van der Waals surface area (Å²) in [7, 11) is 0. The van der Waals surface area contributed by atoms with Gasteiger partial charge in [0.25, 0.3) is 0 Å². The van der Waals surface area contributed by atoms with Gasteiger partial charge in [0.1, 0.15) is 0 Å². The summed E-state index contributed by atoms with van der Waals surface area (Å²) in [6.45, 7) is 10.3. The van der Waals surface area contributed by atoms with Crippen LogP contribution in [0, 0.1) is 0 Å². The molecule has 0 spiro atoms. The highest BCUT2D eigenvalue weighted by molar-refractivity contribution is 7.15. The minimum Gasteiger partial charge on any atom is -0.379 e. The number of rotatable bonds is 28. The average Bonchev–Trinajstić information content (AvgIpc) is 3.92. The topological polar surface area (TPSA) is 36.9 Å². The van der Waals surface area contributed by atoms with Crippen LogP contribution in [0.25, 0.3) is 45.2 Å². The fraction of sp³-hybridized carbons (Fsp3) is 0.400. The van der Waals surface area contributed by atoms with Crippen LogP contribution in [0.1, 0.15) is 97.2 Å². The summed E-state index contributed by atoms with van der Waals surface area (Å²) in [4.78, 5) is 5.30. The van der Waals surface area contributed by atoms with Crippen LogP contribution in [0.15, 0.2) is 97.1 Å². The van der Waals surface area contributed by atoms with Gasteiger partial charge < -0.3 is 18.9 Å². The van der Waals surface area contributed by atoms with Crippen molar-refractivity contribution in [2.24, 2.45) is 0 Å². The molecule has 0 aliphatic rings. The van der Waals surface area contributed by atoms with Crippen LogP contribution in [0.4, 0.5) is 0 Å². The smallest absolute Gasteiger partial charge is 0.0700 e. The molecular weight excluding hydrogens is 729 g/mol. The highest BCUT2D eigenvalue weighted by Crippen LogP contribution is 2.30. The van der Waals surface area contributed by atoms with Gasteiger partial charge in [0.2, 0.25) is 0 Å². The lowest BCUT2D eigenvalue weighted by atomic mass is 10.1. The van der Waals surface area contributed by atoms with Crippen molar-refractivity contribution in [3.05, 3.63) is 129 Å². The summed E-state index contributed by atoms with van der Waals surface area (Å²) in [5, 5.41) is 0.